The molecule has 0 spiro atoms. The molecule has 1 fully saturated rings. The van der Waals surface area contributed by atoms with E-state index in [1.807, 2.05) is 6.92 Å². The molecule has 2 N–H and O–H groups in total. The lowest BCUT2D eigenvalue weighted by atomic mass is 10.1. The van der Waals surface area contributed by atoms with Gasteiger partial charge >= 0.3 is 0 Å². The standard InChI is InChI=1S/C23H22FN5O2/c1-2-25-22(30)16-7-12-18(13-8-16)29-20(14-9-15-5-3-4-6-19(15)24)21(27-28-29)23(31)26-17-10-11-17/h3-9,12-14,17H,2,10-11H2,1H3,(H,25,30)(H,26,31)/b14-9+. The van der Waals surface area contributed by atoms with Crippen LogP contribution < -0.4 is 10.6 Å². The first-order valence-electron chi connectivity index (χ1n) is 10.1. The fourth-order valence-electron chi connectivity index (χ4n) is 3.07. The molecule has 1 heterocycles. The maximum Gasteiger partial charge on any atom is 0.274 e. The van der Waals surface area contributed by atoms with Gasteiger partial charge in [0.05, 0.1) is 5.69 Å². The number of hydrogen-bond donors (Lipinski definition) is 2. The van der Waals surface area contributed by atoms with Crippen LogP contribution in [0.3, 0.4) is 0 Å². The highest BCUT2D eigenvalue weighted by molar-refractivity contribution is 5.97. The summed E-state index contributed by atoms with van der Waals surface area (Å²) in [4.78, 5) is 24.7. The van der Waals surface area contributed by atoms with Gasteiger partial charge in [-0.3, -0.25) is 9.59 Å². The molecule has 2 amide bonds. The third-order valence-corrected chi connectivity index (χ3v) is 4.87. The monoisotopic (exact) mass is 419 g/mol. The van der Waals surface area contributed by atoms with Crippen LogP contribution in [0.15, 0.2) is 48.5 Å². The molecule has 8 heteroatoms. The van der Waals surface area contributed by atoms with Gasteiger partial charge in [0.25, 0.3) is 11.8 Å². The van der Waals surface area contributed by atoms with Crippen LogP contribution >= 0.6 is 0 Å². The van der Waals surface area contributed by atoms with Crippen molar-refractivity contribution in [3.63, 3.8) is 0 Å². The van der Waals surface area contributed by atoms with Gasteiger partial charge in [0.1, 0.15) is 11.5 Å². The molecule has 0 aliphatic heterocycles. The normalized spacial score (nSPS) is 13.4. The van der Waals surface area contributed by atoms with Crippen LogP contribution in [-0.4, -0.2) is 39.4 Å². The Kier molecular flexibility index (Phi) is 5.88. The molecule has 1 saturated carbocycles. The molecule has 1 aliphatic carbocycles. The molecule has 0 radical (unpaired) electrons. The molecular weight excluding hydrogens is 397 g/mol. The molecule has 0 unspecified atom stereocenters. The number of aromatic nitrogens is 3. The molecule has 0 atom stereocenters. The first-order chi connectivity index (χ1) is 15.1. The van der Waals surface area contributed by atoms with Gasteiger partial charge in [-0.05, 0) is 62.2 Å². The smallest absolute Gasteiger partial charge is 0.274 e. The van der Waals surface area contributed by atoms with Crippen LogP contribution in [0.2, 0.25) is 0 Å². The van der Waals surface area contributed by atoms with Crippen LogP contribution in [0.4, 0.5) is 4.39 Å². The number of rotatable bonds is 7. The first-order valence-corrected chi connectivity index (χ1v) is 10.1. The summed E-state index contributed by atoms with van der Waals surface area (Å²) in [5.74, 6) is -0.856. The van der Waals surface area contributed by atoms with Crippen LogP contribution in [0.25, 0.3) is 17.8 Å². The Morgan fingerprint density at radius 2 is 1.84 bits per heavy atom. The van der Waals surface area contributed by atoms with Gasteiger partial charge < -0.3 is 10.6 Å². The van der Waals surface area contributed by atoms with E-state index < -0.39 is 0 Å². The third-order valence-electron chi connectivity index (χ3n) is 4.87. The predicted octanol–water partition coefficient (Wildman–Crippen LogP) is 3.22. The minimum absolute atomic E-state index is 0.160. The lowest BCUT2D eigenvalue weighted by Gasteiger charge is -2.07. The van der Waals surface area contributed by atoms with E-state index in [0.717, 1.165) is 12.8 Å². The minimum atomic E-state index is -0.368. The second kappa shape index (κ2) is 8.91. The molecule has 0 saturated heterocycles. The van der Waals surface area contributed by atoms with Crippen LogP contribution in [0, 0.1) is 5.82 Å². The number of hydrogen-bond acceptors (Lipinski definition) is 4. The lowest BCUT2D eigenvalue weighted by molar-refractivity contribution is 0.0941. The molecule has 7 nitrogen and oxygen atoms in total. The van der Waals surface area contributed by atoms with Crippen molar-refractivity contribution < 1.29 is 14.0 Å². The Hall–Kier alpha value is -3.81. The summed E-state index contributed by atoms with van der Waals surface area (Å²) in [5, 5.41) is 13.9. The second-order valence-corrected chi connectivity index (χ2v) is 7.24. The Balaban J connectivity index is 1.70. The third kappa shape index (κ3) is 4.69. The molecule has 4 rings (SSSR count). The summed E-state index contributed by atoms with van der Waals surface area (Å²) >= 11 is 0. The second-order valence-electron chi connectivity index (χ2n) is 7.24. The SMILES string of the molecule is CCNC(=O)c1ccc(-n2nnc(C(=O)NC3CC3)c2/C=C/c2ccccc2F)cc1. The van der Waals surface area contributed by atoms with Gasteiger partial charge in [-0.1, -0.05) is 23.4 Å². The van der Waals surface area contributed by atoms with E-state index in [-0.39, 0.29) is 29.4 Å². The van der Waals surface area contributed by atoms with Crippen molar-refractivity contribution >= 4 is 24.0 Å². The molecule has 3 aromatic rings. The van der Waals surface area contributed by atoms with Crippen LogP contribution in [0.1, 0.15) is 51.9 Å². The topological polar surface area (TPSA) is 88.9 Å². The number of amides is 2. The Morgan fingerprint density at radius 1 is 1.10 bits per heavy atom. The fourth-order valence-corrected chi connectivity index (χ4v) is 3.07. The molecule has 2 aromatic carbocycles. The molecule has 158 valence electrons. The maximum atomic E-state index is 14.1. The van der Waals surface area contributed by atoms with Crippen molar-refractivity contribution in [2.75, 3.05) is 6.54 Å². The summed E-state index contributed by atoms with van der Waals surface area (Å²) in [7, 11) is 0. The highest BCUT2D eigenvalue weighted by Crippen LogP contribution is 2.22. The molecule has 31 heavy (non-hydrogen) atoms. The van der Waals surface area contributed by atoms with E-state index in [9.17, 15) is 14.0 Å². The van der Waals surface area contributed by atoms with E-state index in [0.29, 0.717) is 29.1 Å². The predicted molar refractivity (Wildman–Crippen MR) is 115 cm³/mol. The van der Waals surface area contributed by atoms with E-state index >= 15 is 0 Å². The minimum Gasteiger partial charge on any atom is -0.352 e. The summed E-state index contributed by atoms with van der Waals surface area (Å²) in [6.07, 6.45) is 5.10. The molecule has 1 aliphatic rings. The summed E-state index contributed by atoms with van der Waals surface area (Å²) in [6, 6.07) is 13.3. The van der Waals surface area contributed by atoms with Crippen molar-refractivity contribution in [2.45, 2.75) is 25.8 Å². The van der Waals surface area contributed by atoms with E-state index in [2.05, 4.69) is 20.9 Å². The number of benzene rings is 2. The van der Waals surface area contributed by atoms with Gasteiger partial charge in [-0.25, -0.2) is 9.07 Å². The van der Waals surface area contributed by atoms with Crippen molar-refractivity contribution in [3.05, 3.63) is 76.9 Å². The van der Waals surface area contributed by atoms with Crippen LogP contribution in [-0.2, 0) is 0 Å². The maximum absolute atomic E-state index is 14.1. The number of nitrogens with one attached hydrogen (secondary N) is 2. The van der Waals surface area contributed by atoms with Gasteiger partial charge in [0, 0.05) is 23.7 Å². The van der Waals surface area contributed by atoms with E-state index in [1.165, 1.54) is 10.7 Å². The quantitative estimate of drug-likeness (QED) is 0.615. The largest absolute Gasteiger partial charge is 0.352 e. The Bertz CT molecular complexity index is 1130. The molecule has 0 bridgehead atoms. The van der Waals surface area contributed by atoms with Crippen LogP contribution in [0.5, 0.6) is 0 Å². The summed E-state index contributed by atoms with van der Waals surface area (Å²) in [5.41, 5.74) is 2.11. The van der Waals surface area contributed by atoms with Crippen molar-refractivity contribution in [1.29, 1.82) is 0 Å². The number of nitrogens with zero attached hydrogens (tertiary/aromatic N) is 3. The zero-order valence-electron chi connectivity index (χ0n) is 17.0. The van der Waals surface area contributed by atoms with E-state index in [1.54, 1.807) is 54.6 Å². The highest BCUT2D eigenvalue weighted by atomic mass is 19.1. The van der Waals surface area contributed by atoms with Gasteiger partial charge in [-0.15, -0.1) is 5.10 Å². The van der Waals surface area contributed by atoms with Gasteiger partial charge in [0.15, 0.2) is 5.69 Å². The van der Waals surface area contributed by atoms with Crippen molar-refractivity contribution in [1.82, 2.24) is 25.6 Å². The summed E-state index contributed by atoms with van der Waals surface area (Å²) in [6.45, 7) is 2.39. The van der Waals surface area contributed by atoms with Gasteiger partial charge in [-0.2, -0.15) is 0 Å². The zero-order chi connectivity index (χ0) is 21.8. The fraction of sp³-hybridized carbons (Fsp3) is 0.217. The number of halogens is 1. The average molecular weight is 419 g/mol. The van der Waals surface area contributed by atoms with Crippen molar-refractivity contribution in [3.8, 4) is 5.69 Å². The zero-order valence-corrected chi connectivity index (χ0v) is 17.0. The molecular formula is C23H22FN5O2. The Morgan fingerprint density at radius 3 is 2.52 bits per heavy atom. The highest BCUT2D eigenvalue weighted by Gasteiger charge is 2.27. The number of carbonyl (C=O) groups is 2. The lowest BCUT2D eigenvalue weighted by Crippen LogP contribution is -2.26. The van der Waals surface area contributed by atoms with Gasteiger partial charge in [0.2, 0.25) is 0 Å². The number of carbonyl (C=O) groups excluding carboxylic acids is 2. The Labute approximate surface area is 179 Å². The average Bonchev–Trinajstić information content (AvgIpc) is 3.49. The van der Waals surface area contributed by atoms with E-state index in [4.69, 9.17) is 0 Å². The van der Waals surface area contributed by atoms with Crippen molar-refractivity contribution in [2.24, 2.45) is 0 Å². The summed E-state index contributed by atoms with van der Waals surface area (Å²) < 4.78 is 15.6. The first kappa shape index (κ1) is 20.5. The molecule has 1 aromatic heterocycles.